The number of nitrogens with one attached hydrogen (secondary N) is 1. The Hall–Kier alpha value is -1.03. The number of hydrogen-bond donors (Lipinski definition) is 1. The molecule has 0 heterocycles. The summed E-state index contributed by atoms with van der Waals surface area (Å²) in [6, 6.07) is 14.8. The van der Waals surface area contributed by atoms with Crippen LogP contribution in [0.2, 0.25) is 5.02 Å². The number of rotatable bonds is 6. The van der Waals surface area contributed by atoms with Crippen LogP contribution < -0.4 is 10.1 Å². The summed E-state index contributed by atoms with van der Waals surface area (Å²) in [5.41, 5.74) is 2.40. The van der Waals surface area contributed by atoms with E-state index in [0.29, 0.717) is 12.6 Å². The van der Waals surface area contributed by atoms with Gasteiger partial charge in [-0.05, 0) is 64.2 Å². The Morgan fingerprint density at radius 2 is 1.58 bits per heavy atom. The van der Waals surface area contributed by atoms with Crippen LogP contribution in [0.1, 0.15) is 56.1 Å². The Morgan fingerprint density at radius 3 is 2.27 bits per heavy atom. The predicted molar refractivity (Wildman–Crippen MR) is 113 cm³/mol. The van der Waals surface area contributed by atoms with E-state index >= 15 is 0 Å². The Morgan fingerprint density at radius 1 is 0.923 bits per heavy atom. The number of hydrogen-bond acceptors (Lipinski definition) is 2. The van der Waals surface area contributed by atoms with Crippen molar-refractivity contribution in [2.45, 2.75) is 64.1 Å². The van der Waals surface area contributed by atoms with Crippen molar-refractivity contribution in [3.05, 3.63) is 63.1 Å². The minimum Gasteiger partial charge on any atom is -0.488 e. The van der Waals surface area contributed by atoms with Crippen molar-refractivity contribution in [1.82, 2.24) is 5.32 Å². The normalized spacial score (nSPS) is 16.1. The van der Waals surface area contributed by atoms with Crippen molar-refractivity contribution in [3.8, 4) is 5.75 Å². The summed E-state index contributed by atoms with van der Waals surface area (Å²) in [5, 5.41) is 4.49. The third-order valence-corrected chi connectivity index (χ3v) is 5.88. The molecule has 0 aromatic heterocycles. The monoisotopic (exact) mass is 435 g/mol. The van der Waals surface area contributed by atoms with Gasteiger partial charge in [0, 0.05) is 17.6 Å². The highest BCUT2D eigenvalue weighted by atomic mass is 79.9. The average Bonchev–Trinajstić information content (AvgIpc) is 2.61. The zero-order chi connectivity index (χ0) is 18.2. The lowest BCUT2D eigenvalue weighted by molar-refractivity contribution is 0.304. The van der Waals surface area contributed by atoms with Crippen molar-refractivity contribution in [3.63, 3.8) is 0 Å². The lowest BCUT2D eigenvalue weighted by atomic mass is 9.96. The van der Waals surface area contributed by atoms with Crippen LogP contribution in [0.3, 0.4) is 0 Å². The van der Waals surface area contributed by atoms with Crippen molar-refractivity contribution in [2.24, 2.45) is 0 Å². The van der Waals surface area contributed by atoms with Gasteiger partial charge in [0.1, 0.15) is 12.4 Å². The van der Waals surface area contributed by atoms with Crippen molar-refractivity contribution < 1.29 is 4.74 Å². The summed E-state index contributed by atoms with van der Waals surface area (Å²) >= 11 is 9.57. The van der Waals surface area contributed by atoms with E-state index in [4.69, 9.17) is 16.3 Å². The Bertz CT molecular complexity index is 681. The third kappa shape index (κ3) is 6.29. The van der Waals surface area contributed by atoms with E-state index in [-0.39, 0.29) is 0 Å². The smallest absolute Gasteiger partial charge is 0.134 e. The van der Waals surface area contributed by atoms with E-state index in [1.54, 1.807) is 0 Å². The molecule has 0 aliphatic heterocycles. The predicted octanol–water partition coefficient (Wildman–Crippen LogP) is 6.88. The minimum absolute atomic E-state index is 0.537. The van der Waals surface area contributed by atoms with Gasteiger partial charge in [-0.15, -0.1) is 0 Å². The van der Waals surface area contributed by atoms with Crippen molar-refractivity contribution in [2.75, 3.05) is 0 Å². The van der Waals surface area contributed by atoms with Gasteiger partial charge in [0.15, 0.2) is 0 Å². The molecule has 0 atom stereocenters. The van der Waals surface area contributed by atoms with Crippen LogP contribution in [0.15, 0.2) is 46.9 Å². The molecule has 0 amide bonds. The first kappa shape index (κ1) is 19.7. The summed E-state index contributed by atoms with van der Waals surface area (Å²) in [6.45, 7) is 1.45. The molecule has 1 aliphatic carbocycles. The molecular formula is C22H27BrClNO. The van der Waals surface area contributed by atoms with Gasteiger partial charge in [0.25, 0.3) is 0 Å². The molecule has 2 aromatic carbocycles. The van der Waals surface area contributed by atoms with E-state index in [0.717, 1.165) is 27.4 Å². The molecule has 0 bridgehead atoms. The fourth-order valence-electron chi connectivity index (χ4n) is 3.44. The molecule has 2 aromatic rings. The SMILES string of the molecule is Clc1ccc(COc2ccc(CNC3CCCCCCC3)cc2Br)cc1. The molecule has 1 N–H and O–H groups in total. The maximum Gasteiger partial charge on any atom is 0.134 e. The molecule has 4 heteroatoms. The van der Waals surface area contributed by atoms with Gasteiger partial charge >= 0.3 is 0 Å². The molecule has 0 saturated heterocycles. The van der Waals surface area contributed by atoms with E-state index in [1.807, 2.05) is 24.3 Å². The number of ether oxygens (including phenoxy) is 1. The first-order valence-electron chi connectivity index (χ1n) is 9.60. The van der Waals surface area contributed by atoms with Gasteiger partial charge in [0.2, 0.25) is 0 Å². The molecule has 1 aliphatic rings. The first-order valence-corrected chi connectivity index (χ1v) is 10.8. The quantitative estimate of drug-likeness (QED) is 0.532. The van der Waals surface area contributed by atoms with E-state index in [2.05, 4.69) is 39.4 Å². The van der Waals surface area contributed by atoms with Gasteiger partial charge in [-0.25, -0.2) is 0 Å². The highest BCUT2D eigenvalue weighted by Gasteiger charge is 2.11. The van der Waals surface area contributed by atoms with E-state index in [9.17, 15) is 0 Å². The number of benzene rings is 2. The second-order valence-electron chi connectivity index (χ2n) is 7.10. The van der Waals surface area contributed by atoms with Crippen LogP contribution in [-0.4, -0.2) is 6.04 Å². The fourth-order valence-corrected chi connectivity index (χ4v) is 4.10. The number of halogens is 2. The van der Waals surface area contributed by atoms with Crippen LogP contribution in [-0.2, 0) is 13.2 Å². The van der Waals surface area contributed by atoms with Crippen LogP contribution in [0.25, 0.3) is 0 Å². The van der Waals surface area contributed by atoms with Gasteiger partial charge in [-0.1, -0.05) is 61.9 Å². The molecule has 3 rings (SSSR count). The molecule has 1 saturated carbocycles. The molecule has 0 spiro atoms. The molecule has 0 radical (unpaired) electrons. The highest BCUT2D eigenvalue weighted by Crippen LogP contribution is 2.27. The second kappa shape index (κ2) is 10.3. The first-order chi connectivity index (χ1) is 12.7. The lowest BCUT2D eigenvalue weighted by Gasteiger charge is -2.21. The zero-order valence-electron chi connectivity index (χ0n) is 15.1. The largest absolute Gasteiger partial charge is 0.488 e. The second-order valence-corrected chi connectivity index (χ2v) is 8.39. The van der Waals surface area contributed by atoms with Crippen LogP contribution in [0, 0.1) is 0 Å². The molecular weight excluding hydrogens is 410 g/mol. The van der Waals surface area contributed by atoms with Gasteiger partial charge in [-0.3, -0.25) is 0 Å². The zero-order valence-corrected chi connectivity index (χ0v) is 17.5. The van der Waals surface area contributed by atoms with Gasteiger partial charge in [0.05, 0.1) is 4.47 Å². The Kier molecular flexibility index (Phi) is 7.85. The molecule has 0 unspecified atom stereocenters. The highest BCUT2D eigenvalue weighted by molar-refractivity contribution is 9.10. The van der Waals surface area contributed by atoms with Crippen LogP contribution in [0.4, 0.5) is 0 Å². The summed E-state index contributed by atoms with van der Waals surface area (Å²) in [4.78, 5) is 0. The standard InChI is InChI=1S/C22H27BrClNO/c23-21-14-18(15-25-20-6-4-2-1-3-5-7-20)10-13-22(21)26-16-17-8-11-19(24)12-9-17/h8-14,20,25H,1-7,15-16H2. The van der Waals surface area contributed by atoms with E-state index < -0.39 is 0 Å². The van der Waals surface area contributed by atoms with Gasteiger partial charge in [-0.2, -0.15) is 0 Å². The summed E-state index contributed by atoms with van der Waals surface area (Å²) in [5.74, 6) is 0.870. The Balaban J connectivity index is 1.50. The molecule has 2 nitrogen and oxygen atoms in total. The molecule has 1 fully saturated rings. The molecule has 26 heavy (non-hydrogen) atoms. The summed E-state index contributed by atoms with van der Waals surface area (Å²) in [7, 11) is 0. The summed E-state index contributed by atoms with van der Waals surface area (Å²) < 4.78 is 6.94. The van der Waals surface area contributed by atoms with Crippen LogP contribution >= 0.6 is 27.5 Å². The van der Waals surface area contributed by atoms with Gasteiger partial charge < -0.3 is 10.1 Å². The minimum atomic E-state index is 0.537. The maximum atomic E-state index is 5.93. The average molecular weight is 437 g/mol. The van der Waals surface area contributed by atoms with E-state index in [1.165, 1.54) is 50.5 Å². The molecule has 140 valence electrons. The summed E-state index contributed by atoms with van der Waals surface area (Å²) in [6.07, 6.45) is 9.54. The maximum absolute atomic E-state index is 5.93. The lowest BCUT2D eigenvalue weighted by Crippen LogP contribution is -2.29. The fraction of sp³-hybridized carbons (Fsp3) is 0.455. The third-order valence-electron chi connectivity index (χ3n) is 5.00. The van der Waals surface area contributed by atoms with Crippen molar-refractivity contribution in [1.29, 1.82) is 0 Å². The topological polar surface area (TPSA) is 21.3 Å². The Labute approximate surface area is 170 Å². The van der Waals surface area contributed by atoms with Crippen molar-refractivity contribution >= 4 is 27.5 Å². The van der Waals surface area contributed by atoms with Crippen LogP contribution in [0.5, 0.6) is 5.75 Å².